The van der Waals surface area contributed by atoms with Crippen LogP contribution in [0.25, 0.3) is 11.4 Å². The van der Waals surface area contributed by atoms with E-state index in [1.165, 1.54) is 12.1 Å². The molecule has 1 aromatic heterocycles. The van der Waals surface area contributed by atoms with Crippen molar-refractivity contribution >= 4 is 11.7 Å². The summed E-state index contributed by atoms with van der Waals surface area (Å²) in [6.07, 6.45) is 0.141. The lowest BCUT2D eigenvalue weighted by Crippen LogP contribution is -2.36. The first-order valence-corrected chi connectivity index (χ1v) is 9.06. The van der Waals surface area contributed by atoms with Crippen LogP contribution in [0.2, 0.25) is 0 Å². The van der Waals surface area contributed by atoms with Crippen molar-refractivity contribution in [1.29, 1.82) is 0 Å². The van der Waals surface area contributed by atoms with Crippen LogP contribution < -0.4 is 5.32 Å². The molecule has 4 rings (SSSR count). The van der Waals surface area contributed by atoms with Crippen LogP contribution in [0, 0.1) is 17.7 Å². The van der Waals surface area contributed by atoms with Gasteiger partial charge in [0.1, 0.15) is 0 Å². The van der Waals surface area contributed by atoms with Gasteiger partial charge in [-0.25, -0.2) is 19.2 Å². The number of likely N-dealkylation sites (tertiary alicyclic amines) is 1. The molecule has 0 radical (unpaired) electrons. The van der Waals surface area contributed by atoms with E-state index in [2.05, 4.69) is 15.3 Å². The van der Waals surface area contributed by atoms with E-state index in [1.807, 2.05) is 0 Å². The molecule has 2 aliphatic rings. The van der Waals surface area contributed by atoms with E-state index in [0.29, 0.717) is 24.9 Å². The minimum Gasteiger partial charge on any atom is -0.324 e. The highest BCUT2D eigenvalue weighted by molar-refractivity contribution is 5.90. The standard InChI is InChI=1S/C19H18F4N4O/c20-13-8-24-17(25-9-13)15-7-14(3-4-16(15)19(21,22)23)26-18(28)27-5-1-2-11-6-12(11)10-27/h3-4,7-9,11-12H,1-2,5-6,10H2,(H,26,28). The Hall–Kier alpha value is -2.71. The van der Waals surface area contributed by atoms with E-state index < -0.39 is 17.6 Å². The second-order valence-electron chi connectivity index (χ2n) is 7.26. The summed E-state index contributed by atoms with van der Waals surface area (Å²) in [5.74, 6) is 0.219. The third-order valence-electron chi connectivity index (χ3n) is 5.25. The summed E-state index contributed by atoms with van der Waals surface area (Å²) in [6.45, 7) is 1.30. The van der Waals surface area contributed by atoms with Gasteiger partial charge in [0, 0.05) is 24.3 Å². The number of hydrogen-bond acceptors (Lipinski definition) is 3. The first-order valence-electron chi connectivity index (χ1n) is 9.06. The van der Waals surface area contributed by atoms with E-state index in [1.54, 1.807) is 4.90 Å². The van der Waals surface area contributed by atoms with Crippen LogP contribution in [0.5, 0.6) is 0 Å². The summed E-state index contributed by atoms with van der Waals surface area (Å²) < 4.78 is 53.2. The molecule has 1 N–H and O–H groups in total. The number of rotatable bonds is 2. The van der Waals surface area contributed by atoms with E-state index in [0.717, 1.165) is 37.7 Å². The average molecular weight is 394 g/mol. The SMILES string of the molecule is O=C(Nc1ccc(C(F)(F)F)c(-c2ncc(F)cn2)c1)N1CCCC2CC2C1. The molecule has 28 heavy (non-hydrogen) atoms. The van der Waals surface area contributed by atoms with Crippen LogP contribution >= 0.6 is 0 Å². The molecule has 1 saturated carbocycles. The molecular weight excluding hydrogens is 376 g/mol. The highest BCUT2D eigenvalue weighted by atomic mass is 19.4. The van der Waals surface area contributed by atoms with Crippen molar-refractivity contribution < 1.29 is 22.4 Å². The summed E-state index contributed by atoms with van der Waals surface area (Å²) in [6, 6.07) is 2.91. The van der Waals surface area contributed by atoms with Gasteiger partial charge in [-0.3, -0.25) is 0 Å². The maximum atomic E-state index is 13.4. The molecule has 148 valence electrons. The highest BCUT2D eigenvalue weighted by Gasteiger charge is 2.40. The lowest BCUT2D eigenvalue weighted by atomic mass is 10.1. The van der Waals surface area contributed by atoms with Gasteiger partial charge in [-0.1, -0.05) is 0 Å². The summed E-state index contributed by atoms with van der Waals surface area (Å²) in [5, 5.41) is 2.67. The van der Waals surface area contributed by atoms with Crippen molar-refractivity contribution in [3.8, 4) is 11.4 Å². The van der Waals surface area contributed by atoms with E-state index in [4.69, 9.17) is 0 Å². The van der Waals surface area contributed by atoms with Gasteiger partial charge in [0.2, 0.25) is 0 Å². The highest BCUT2D eigenvalue weighted by Crippen LogP contribution is 2.44. The number of hydrogen-bond donors (Lipinski definition) is 1. The van der Waals surface area contributed by atoms with Gasteiger partial charge in [-0.15, -0.1) is 0 Å². The predicted octanol–water partition coefficient (Wildman–Crippen LogP) is 4.57. The number of nitrogens with zero attached hydrogens (tertiary/aromatic N) is 3. The number of nitrogens with one attached hydrogen (secondary N) is 1. The molecule has 2 heterocycles. The second kappa shape index (κ2) is 7.03. The van der Waals surface area contributed by atoms with Crippen molar-refractivity contribution in [2.45, 2.75) is 25.4 Å². The number of urea groups is 1. The smallest absolute Gasteiger partial charge is 0.324 e. The fourth-order valence-electron chi connectivity index (χ4n) is 3.70. The van der Waals surface area contributed by atoms with Gasteiger partial charge < -0.3 is 10.2 Å². The van der Waals surface area contributed by atoms with Crippen LogP contribution in [0.1, 0.15) is 24.8 Å². The van der Waals surface area contributed by atoms with Crippen molar-refractivity contribution in [2.24, 2.45) is 11.8 Å². The zero-order chi connectivity index (χ0) is 19.9. The Bertz CT molecular complexity index is 884. The van der Waals surface area contributed by atoms with Crippen LogP contribution in [-0.2, 0) is 6.18 Å². The van der Waals surface area contributed by atoms with E-state index in [-0.39, 0.29) is 23.1 Å². The molecule has 2 amide bonds. The van der Waals surface area contributed by atoms with Crippen molar-refractivity contribution in [3.05, 3.63) is 42.0 Å². The van der Waals surface area contributed by atoms with Gasteiger partial charge in [-0.05, 0) is 49.3 Å². The molecule has 0 spiro atoms. The summed E-state index contributed by atoms with van der Waals surface area (Å²) in [7, 11) is 0. The lowest BCUT2D eigenvalue weighted by molar-refractivity contribution is -0.137. The van der Waals surface area contributed by atoms with Crippen LogP contribution in [0.15, 0.2) is 30.6 Å². The Kier molecular flexibility index (Phi) is 4.68. The van der Waals surface area contributed by atoms with Crippen molar-refractivity contribution in [1.82, 2.24) is 14.9 Å². The first-order chi connectivity index (χ1) is 13.3. The van der Waals surface area contributed by atoms with E-state index >= 15 is 0 Å². The number of benzene rings is 1. The second-order valence-corrected chi connectivity index (χ2v) is 7.26. The Balaban J connectivity index is 1.60. The van der Waals surface area contributed by atoms with Gasteiger partial charge >= 0.3 is 12.2 Å². The van der Waals surface area contributed by atoms with Crippen LogP contribution in [0.4, 0.5) is 28.0 Å². The average Bonchev–Trinajstić information content (AvgIpc) is 3.39. The molecule has 2 aromatic rings. The molecule has 1 aromatic carbocycles. The Labute approximate surface area is 158 Å². The molecule has 1 aliphatic heterocycles. The van der Waals surface area contributed by atoms with Gasteiger partial charge in [0.05, 0.1) is 18.0 Å². The third kappa shape index (κ3) is 3.93. The van der Waals surface area contributed by atoms with Crippen molar-refractivity contribution in [3.63, 3.8) is 0 Å². The number of alkyl halides is 3. The van der Waals surface area contributed by atoms with E-state index in [9.17, 15) is 22.4 Å². The molecular formula is C19H18F4N4O. The largest absolute Gasteiger partial charge is 0.417 e. The number of halogens is 4. The first kappa shape index (κ1) is 18.6. The van der Waals surface area contributed by atoms with Gasteiger partial charge in [0.15, 0.2) is 11.6 Å². The van der Waals surface area contributed by atoms with Crippen LogP contribution in [0.3, 0.4) is 0 Å². The molecule has 9 heteroatoms. The Morgan fingerprint density at radius 3 is 2.64 bits per heavy atom. The molecule has 2 fully saturated rings. The maximum Gasteiger partial charge on any atom is 0.417 e. The number of aromatic nitrogens is 2. The fraction of sp³-hybridized carbons (Fsp3) is 0.421. The predicted molar refractivity (Wildman–Crippen MR) is 93.9 cm³/mol. The quantitative estimate of drug-likeness (QED) is 0.760. The number of fused-ring (bicyclic) bond motifs is 1. The van der Waals surface area contributed by atoms with Gasteiger partial charge in [-0.2, -0.15) is 13.2 Å². The fourth-order valence-corrected chi connectivity index (χ4v) is 3.70. The maximum absolute atomic E-state index is 13.4. The normalized spacial score (nSPS) is 21.6. The number of carbonyl (C=O) groups excluding carboxylic acids is 1. The number of amides is 2. The molecule has 2 unspecified atom stereocenters. The lowest BCUT2D eigenvalue weighted by Gasteiger charge is -2.22. The summed E-state index contributed by atoms with van der Waals surface area (Å²) in [5.41, 5.74) is -1.06. The Morgan fingerprint density at radius 1 is 1.18 bits per heavy atom. The topological polar surface area (TPSA) is 58.1 Å². The molecule has 1 saturated heterocycles. The molecule has 1 aliphatic carbocycles. The number of anilines is 1. The minimum atomic E-state index is -4.64. The summed E-state index contributed by atoms with van der Waals surface area (Å²) in [4.78, 5) is 21.6. The Morgan fingerprint density at radius 2 is 1.93 bits per heavy atom. The van der Waals surface area contributed by atoms with Gasteiger partial charge in [0.25, 0.3) is 0 Å². The molecule has 2 atom stereocenters. The zero-order valence-corrected chi connectivity index (χ0v) is 14.8. The monoisotopic (exact) mass is 394 g/mol. The third-order valence-corrected chi connectivity index (χ3v) is 5.25. The number of carbonyl (C=O) groups is 1. The van der Waals surface area contributed by atoms with Crippen LogP contribution in [-0.4, -0.2) is 34.0 Å². The minimum absolute atomic E-state index is 0.206. The summed E-state index contributed by atoms with van der Waals surface area (Å²) >= 11 is 0. The molecule has 5 nitrogen and oxygen atoms in total. The van der Waals surface area contributed by atoms with Crippen molar-refractivity contribution in [2.75, 3.05) is 18.4 Å². The molecule has 0 bridgehead atoms. The zero-order valence-electron chi connectivity index (χ0n) is 14.8.